The first-order valence-corrected chi connectivity index (χ1v) is 14.1. The summed E-state index contributed by atoms with van der Waals surface area (Å²) in [4.78, 5) is 20.6. The number of thiazole rings is 1. The predicted molar refractivity (Wildman–Crippen MR) is 143 cm³/mol. The minimum atomic E-state index is -3.65. The molecule has 3 aromatic rings. The fourth-order valence-corrected chi connectivity index (χ4v) is 7.48. The Morgan fingerprint density at radius 2 is 1.71 bits per heavy atom. The number of aromatic nitrogens is 1. The van der Waals surface area contributed by atoms with Crippen LogP contribution in [0.2, 0.25) is 5.02 Å². The number of hydrogen-bond acceptors (Lipinski definition) is 6. The van der Waals surface area contributed by atoms with E-state index < -0.39 is 10.0 Å². The Balaban J connectivity index is 0.00000289. The monoisotopic (exact) mass is 554 g/mol. The summed E-state index contributed by atoms with van der Waals surface area (Å²) in [7, 11) is -3.65. The summed E-state index contributed by atoms with van der Waals surface area (Å²) >= 11 is 7.54. The molecule has 2 saturated heterocycles. The van der Waals surface area contributed by atoms with Crippen LogP contribution in [-0.4, -0.2) is 67.8 Å². The van der Waals surface area contributed by atoms with E-state index in [9.17, 15) is 13.2 Å². The molecule has 11 heteroatoms. The maximum Gasteiger partial charge on any atom is 0.265 e. The van der Waals surface area contributed by atoms with Gasteiger partial charge in [0, 0.05) is 37.1 Å². The summed E-state index contributed by atoms with van der Waals surface area (Å²) in [6, 6.07) is 10.5. The summed E-state index contributed by atoms with van der Waals surface area (Å²) in [6.07, 6.45) is 2.08. The highest BCUT2D eigenvalue weighted by atomic mass is 35.5. The van der Waals surface area contributed by atoms with Crippen molar-refractivity contribution in [3.63, 3.8) is 0 Å². The van der Waals surface area contributed by atoms with E-state index in [0.717, 1.165) is 47.4 Å². The van der Waals surface area contributed by atoms with Crippen molar-refractivity contribution in [3.05, 3.63) is 57.0 Å². The highest BCUT2D eigenvalue weighted by Gasteiger charge is 2.32. The smallest absolute Gasteiger partial charge is 0.265 e. The number of halogens is 2. The van der Waals surface area contributed by atoms with E-state index in [1.165, 1.54) is 15.6 Å². The van der Waals surface area contributed by atoms with Gasteiger partial charge in [0.1, 0.15) is 4.88 Å². The molecule has 0 radical (unpaired) electrons. The van der Waals surface area contributed by atoms with E-state index in [1.54, 1.807) is 29.2 Å². The Morgan fingerprint density at radius 3 is 2.43 bits per heavy atom. The number of carbonyl (C=O) groups excluding carboxylic acids is 1. The minimum Gasteiger partial charge on any atom is -0.335 e. The van der Waals surface area contributed by atoms with Crippen molar-refractivity contribution in [2.75, 3.05) is 39.3 Å². The zero-order valence-electron chi connectivity index (χ0n) is 19.4. The molecule has 0 atom stereocenters. The summed E-state index contributed by atoms with van der Waals surface area (Å²) in [5, 5.41) is 6.74. The van der Waals surface area contributed by atoms with Crippen molar-refractivity contribution in [2.45, 2.75) is 30.6 Å². The van der Waals surface area contributed by atoms with Crippen molar-refractivity contribution in [1.29, 1.82) is 0 Å². The SMILES string of the molecule is Cc1nc(C2CCNCC2)sc1C(=O)N1CCN(S(=O)(=O)c2ccc3cc(Cl)ccc3c2)CC1.Cl. The van der Waals surface area contributed by atoms with Gasteiger partial charge in [0.05, 0.1) is 15.6 Å². The number of amides is 1. The third-order valence-electron chi connectivity index (χ3n) is 6.63. The van der Waals surface area contributed by atoms with E-state index >= 15 is 0 Å². The molecular formula is C24H28Cl2N4O3S2. The second kappa shape index (κ2) is 10.7. The average Bonchev–Trinajstić information content (AvgIpc) is 3.25. The van der Waals surface area contributed by atoms with Gasteiger partial charge in [0.15, 0.2) is 0 Å². The molecule has 188 valence electrons. The molecule has 1 amide bonds. The molecule has 0 bridgehead atoms. The van der Waals surface area contributed by atoms with E-state index in [1.807, 2.05) is 19.1 Å². The lowest BCUT2D eigenvalue weighted by atomic mass is 9.99. The molecule has 2 aliphatic heterocycles. The number of benzene rings is 2. The first-order valence-electron chi connectivity index (χ1n) is 11.5. The highest BCUT2D eigenvalue weighted by Crippen LogP contribution is 2.32. The molecule has 0 unspecified atom stereocenters. The first kappa shape index (κ1) is 26.3. The van der Waals surface area contributed by atoms with Crippen molar-refractivity contribution in [1.82, 2.24) is 19.5 Å². The van der Waals surface area contributed by atoms with Crippen LogP contribution in [0.25, 0.3) is 10.8 Å². The van der Waals surface area contributed by atoms with Crippen LogP contribution >= 0.6 is 35.3 Å². The van der Waals surface area contributed by atoms with E-state index in [0.29, 0.717) is 28.9 Å². The van der Waals surface area contributed by atoms with E-state index in [2.05, 4.69) is 5.32 Å². The van der Waals surface area contributed by atoms with Gasteiger partial charge in [0.2, 0.25) is 10.0 Å². The number of piperazine rings is 1. The lowest BCUT2D eigenvalue weighted by Crippen LogP contribution is -2.50. The number of rotatable bonds is 4. The van der Waals surface area contributed by atoms with Crippen LogP contribution in [0, 0.1) is 6.92 Å². The van der Waals surface area contributed by atoms with E-state index in [-0.39, 0.29) is 36.3 Å². The lowest BCUT2D eigenvalue weighted by molar-refractivity contribution is 0.0702. The third-order valence-corrected chi connectivity index (χ3v) is 10.1. The van der Waals surface area contributed by atoms with Crippen LogP contribution in [-0.2, 0) is 10.0 Å². The molecule has 2 fully saturated rings. The number of nitrogens with one attached hydrogen (secondary N) is 1. The van der Waals surface area contributed by atoms with Crippen LogP contribution in [0.3, 0.4) is 0 Å². The number of carbonyl (C=O) groups is 1. The number of sulfonamides is 1. The quantitative estimate of drug-likeness (QED) is 0.520. The van der Waals surface area contributed by atoms with Crippen LogP contribution < -0.4 is 5.32 Å². The fraction of sp³-hybridized carbons (Fsp3) is 0.417. The second-order valence-electron chi connectivity index (χ2n) is 8.84. The van der Waals surface area contributed by atoms with Crippen LogP contribution in [0.5, 0.6) is 0 Å². The normalized spacial score (nSPS) is 17.9. The van der Waals surface area contributed by atoms with Crippen molar-refractivity contribution in [2.24, 2.45) is 0 Å². The topological polar surface area (TPSA) is 82.6 Å². The molecule has 3 heterocycles. The summed E-state index contributed by atoms with van der Waals surface area (Å²) in [5.41, 5.74) is 0.773. The van der Waals surface area contributed by atoms with Crippen molar-refractivity contribution in [3.8, 4) is 0 Å². The fourth-order valence-electron chi connectivity index (χ4n) is 4.64. The highest BCUT2D eigenvalue weighted by molar-refractivity contribution is 7.89. The molecule has 5 rings (SSSR count). The Labute approximate surface area is 220 Å². The molecule has 0 saturated carbocycles. The Hall–Kier alpha value is -1.75. The summed E-state index contributed by atoms with van der Waals surface area (Å²) < 4.78 is 28.0. The van der Waals surface area contributed by atoms with Gasteiger partial charge in [-0.25, -0.2) is 13.4 Å². The van der Waals surface area contributed by atoms with Gasteiger partial charge in [-0.05, 0) is 67.9 Å². The zero-order valence-corrected chi connectivity index (χ0v) is 22.6. The third kappa shape index (κ3) is 5.35. The summed E-state index contributed by atoms with van der Waals surface area (Å²) in [5.74, 6) is 0.362. The van der Waals surface area contributed by atoms with Crippen molar-refractivity contribution >= 4 is 62.0 Å². The molecule has 7 nitrogen and oxygen atoms in total. The van der Waals surface area contributed by atoms with Gasteiger partial charge < -0.3 is 10.2 Å². The van der Waals surface area contributed by atoms with Gasteiger partial charge in [-0.1, -0.05) is 23.7 Å². The number of fused-ring (bicyclic) bond motifs is 1. The largest absolute Gasteiger partial charge is 0.335 e. The van der Waals surface area contributed by atoms with Gasteiger partial charge >= 0.3 is 0 Å². The Bertz CT molecular complexity index is 1330. The van der Waals surface area contributed by atoms with Gasteiger partial charge in [-0.2, -0.15) is 4.31 Å². The van der Waals surface area contributed by atoms with Crippen molar-refractivity contribution < 1.29 is 13.2 Å². The van der Waals surface area contributed by atoms with Crippen LogP contribution in [0.4, 0.5) is 0 Å². The number of nitrogens with zero attached hydrogens (tertiary/aromatic N) is 3. The Morgan fingerprint density at radius 1 is 1.06 bits per heavy atom. The lowest BCUT2D eigenvalue weighted by Gasteiger charge is -2.33. The zero-order chi connectivity index (χ0) is 23.9. The number of piperidine rings is 1. The van der Waals surface area contributed by atoms with E-state index in [4.69, 9.17) is 16.6 Å². The summed E-state index contributed by atoms with van der Waals surface area (Å²) in [6.45, 7) is 5.11. The second-order valence-corrected chi connectivity index (χ2v) is 12.2. The molecular weight excluding hydrogens is 527 g/mol. The van der Waals surface area contributed by atoms with Gasteiger partial charge in [-0.15, -0.1) is 23.7 Å². The Kier molecular flexibility index (Phi) is 8.05. The first-order chi connectivity index (χ1) is 16.3. The maximum atomic E-state index is 13.3. The molecule has 1 aromatic heterocycles. The molecule has 35 heavy (non-hydrogen) atoms. The molecule has 1 N–H and O–H groups in total. The molecule has 0 spiro atoms. The predicted octanol–water partition coefficient (Wildman–Crippen LogP) is 4.29. The molecule has 2 aliphatic rings. The van der Waals surface area contributed by atoms with Crippen LogP contribution in [0.1, 0.15) is 39.1 Å². The number of aryl methyl sites for hydroxylation is 1. The number of hydrogen-bond donors (Lipinski definition) is 1. The van der Waals surface area contributed by atoms with Gasteiger partial charge in [0.25, 0.3) is 5.91 Å². The van der Waals surface area contributed by atoms with Gasteiger partial charge in [-0.3, -0.25) is 4.79 Å². The standard InChI is InChI=1S/C24H27ClN4O3S2.ClH/c1-16-22(33-23(27-16)17-6-8-26-9-7-17)24(30)28-10-12-29(13-11-28)34(31,32)21-5-3-18-14-20(25)4-2-19(18)15-21;/h2-5,14-15,17,26H,6-13H2,1H3;1H. The minimum absolute atomic E-state index is 0. The maximum absolute atomic E-state index is 13.3. The average molecular weight is 556 g/mol. The molecule has 0 aliphatic carbocycles. The van der Waals surface area contributed by atoms with Crippen LogP contribution in [0.15, 0.2) is 41.3 Å². The molecule has 2 aromatic carbocycles.